The standard InChI is InChI=1S/C12H15NO3/c13-9-6-15-12(8-4-2-1-3-5-8)16-11(9)10-7-14-10/h1-5,9-12H,6-7,13H2/t9-,10+,11-,12-/m0/s1. The molecule has 0 aliphatic carbocycles. The Labute approximate surface area is 94.3 Å². The summed E-state index contributed by atoms with van der Waals surface area (Å²) >= 11 is 0. The lowest BCUT2D eigenvalue weighted by atomic mass is 10.1. The van der Waals surface area contributed by atoms with E-state index in [1.165, 1.54) is 0 Å². The number of hydrogen-bond donors (Lipinski definition) is 1. The summed E-state index contributed by atoms with van der Waals surface area (Å²) in [6, 6.07) is 9.81. The van der Waals surface area contributed by atoms with Gasteiger partial charge in [0.15, 0.2) is 6.29 Å². The lowest BCUT2D eigenvalue weighted by Crippen LogP contribution is -2.49. The summed E-state index contributed by atoms with van der Waals surface area (Å²) in [6.07, 6.45) is -0.195. The molecule has 4 heteroatoms. The lowest BCUT2D eigenvalue weighted by molar-refractivity contribution is -0.228. The van der Waals surface area contributed by atoms with Crippen molar-refractivity contribution in [3.8, 4) is 0 Å². The molecule has 0 bridgehead atoms. The van der Waals surface area contributed by atoms with Crippen molar-refractivity contribution in [1.29, 1.82) is 0 Å². The van der Waals surface area contributed by atoms with E-state index in [2.05, 4.69) is 0 Å². The van der Waals surface area contributed by atoms with Crippen LogP contribution in [0.2, 0.25) is 0 Å². The van der Waals surface area contributed by atoms with E-state index in [-0.39, 0.29) is 24.5 Å². The highest BCUT2D eigenvalue weighted by Gasteiger charge is 2.42. The van der Waals surface area contributed by atoms with Crippen LogP contribution in [0.4, 0.5) is 0 Å². The third kappa shape index (κ3) is 1.97. The fraction of sp³-hybridized carbons (Fsp3) is 0.500. The summed E-state index contributed by atoms with van der Waals surface area (Å²) < 4.78 is 16.7. The molecule has 1 aromatic carbocycles. The maximum absolute atomic E-state index is 5.93. The van der Waals surface area contributed by atoms with Gasteiger partial charge in [-0.1, -0.05) is 30.3 Å². The second-order valence-corrected chi connectivity index (χ2v) is 4.21. The Kier molecular flexibility index (Phi) is 2.65. The van der Waals surface area contributed by atoms with Crippen molar-refractivity contribution >= 4 is 0 Å². The average molecular weight is 221 g/mol. The van der Waals surface area contributed by atoms with Crippen LogP contribution >= 0.6 is 0 Å². The summed E-state index contributed by atoms with van der Waals surface area (Å²) in [5.74, 6) is 0. The normalized spacial score (nSPS) is 38.3. The molecule has 2 aliphatic rings. The monoisotopic (exact) mass is 221 g/mol. The Morgan fingerprint density at radius 1 is 1.06 bits per heavy atom. The van der Waals surface area contributed by atoms with Crippen molar-refractivity contribution in [3.05, 3.63) is 35.9 Å². The molecule has 3 rings (SSSR count). The predicted molar refractivity (Wildman–Crippen MR) is 57.7 cm³/mol. The average Bonchev–Trinajstić information content (AvgIpc) is 3.15. The van der Waals surface area contributed by atoms with Gasteiger partial charge < -0.3 is 19.9 Å². The van der Waals surface area contributed by atoms with Gasteiger partial charge in [0, 0.05) is 5.56 Å². The summed E-state index contributed by atoms with van der Waals surface area (Å²) in [7, 11) is 0. The molecular weight excluding hydrogens is 206 g/mol. The highest BCUT2D eigenvalue weighted by molar-refractivity contribution is 5.16. The third-order valence-corrected chi connectivity index (χ3v) is 2.94. The zero-order valence-electron chi connectivity index (χ0n) is 8.91. The molecule has 2 heterocycles. The van der Waals surface area contributed by atoms with Gasteiger partial charge in [0.1, 0.15) is 12.2 Å². The molecule has 0 spiro atoms. The smallest absolute Gasteiger partial charge is 0.184 e. The molecule has 4 atom stereocenters. The van der Waals surface area contributed by atoms with Crippen LogP contribution in [0.1, 0.15) is 11.9 Å². The zero-order valence-corrected chi connectivity index (χ0v) is 8.91. The number of hydrogen-bond acceptors (Lipinski definition) is 4. The molecule has 2 aliphatic heterocycles. The Morgan fingerprint density at radius 3 is 2.50 bits per heavy atom. The molecule has 1 aromatic rings. The molecule has 4 nitrogen and oxygen atoms in total. The first-order chi connectivity index (χ1) is 7.84. The Morgan fingerprint density at radius 2 is 1.81 bits per heavy atom. The second kappa shape index (κ2) is 4.14. The first-order valence-corrected chi connectivity index (χ1v) is 5.54. The van der Waals surface area contributed by atoms with Gasteiger partial charge >= 0.3 is 0 Å². The van der Waals surface area contributed by atoms with Gasteiger partial charge in [-0.3, -0.25) is 0 Å². The van der Waals surface area contributed by atoms with Gasteiger partial charge in [-0.05, 0) is 0 Å². The van der Waals surface area contributed by atoms with Crippen LogP contribution in [0.5, 0.6) is 0 Å². The van der Waals surface area contributed by atoms with Crippen LogP contribution in [0.25, 0.3) is 0 Å². The number of ether oxygens (including phenoxy) is 3. The van der Waals surface area contributed by atoms with Gasteiger partial charge in [-0.2, -0.15) is 0 Å². The summed E-state index contributed by atoms with van der Waals surface area (Å²) in [5, 5.41) is 0. The molecule has 2 N–H and O–H groups in total. The summed E-state index contributed by atoms with van der Waals surface area (Å²) in [4.78, 5) is 0. The van der Waals surface area contributed by atoms with Crippen molar-refractivity contribution in [3.63, 3.8) is 0 Å². The van der Waals surface area contributed by atoms with Crippen LogP contribution < -0.4 is 5.73 Å². The number of rotatable bonds is 2. The molecular formula is C12H15NO3. The van der Waals surface area contributed by atoms with Gasteiger partial charge in [0.2, 0.25) is 0 Å². The Balaban J connectivity index is 1.73. The SMILES string of the molecule is N[C@H]1CO[C@H](c2ccccc2)O[C@@H]1[C@H]1CO1. The van der Waals surface area contributed by atoms with Gasteiger partial charge in [-0.15, -0.1) is 0 Å². The maximum Gasteiger partial charge on any atom is 0.184 e. The van der Waals surface area contributed by atoms with Gasteiger partial charge in [0.25, 0.3) is 0 Å². The van der Waals surface area contributed by atoms with E-state index < -0.39 is 0 Å². The molecule has 0 aromatic heterocycles. The van der Waals surface area contributed by atoms with Crippen molar-refractivity contribution in [2.45, 2.75) is 24.5 Å². The molecule has 86 valence electrons. The predicted octanol–water partition coefficient (Wildman–Crippen LogP) is 0.827. The quantitative estimate of drug-likeness (QED) is 0.751. The second-order valence-electron chi connectivity index (χ2n) is 4.21. The minimum absolute atomic E-state index is 0.0426. The summed E-state index contributed by atoms with van der Waals surface area (Å²) in [6.45, 7) is 1.27. The first-order valence-electron chi connectivity index (χ1n) is 5.54. The van der Waals surface area contributed by atoms with Crippen molar-refractivity contribution in [1.82, 2.24) is 0 Å². The van der Waals surface area contributed by atoms with Crippen LogP contribution in [0, 0.1) is 0 Å². The van der Waals surface area contributed by atoms with Crippen LogP contribution in [0.15, 0.2) is 30.3 Å². The van der Waals surface area contributed by atoms with E-state index in [1.54, 1.807) is 0 Å². The number of epoxide rings is 1. The van der Waals surface area contributed by atoms with E-state index in [0.717, 1.165) is 12.2 Å². The molecule has 2 fully saturated rings. The molecule has 0 unspecified atom stereocenters. The van der Waals surface area contributed by atoms with Gasteiger partial charge in [-0.25, -0.2) is 0 Å². The van der Waals surface area contributed by atoms with E-state index in [1.807, 2.05) is 30.3 Å². The minimum Gasteiger partial charge on any atom is -0.370 e. The van der Waals surface area contributed by atoms with E-state index in [4.69, 9.17) is 19.9 Å². The van der Waals surface area contributed by atoms with Gasteiger partial charge in [0.05, 0.1) is 19.3 Å². The first kappa shape index (κ1) is 10.2. The molecule has 16 heavy (non-hydrogen) atoms. The van der Waals surface area contributed by atoms with E-state index >= 15 is 0 Å². The maximum atomic E-state index is 5.93. The van der Waals surface area contributed by atoms with Crippen molar-refractivity contribution in [2.75, 3.05) is 13.2 Å². The van der Waals surface area contributed by atoms with Crippen molar-refractivity contribution < 1.29 is 14.2 Å². The fourth-order valence-corrected chi connectivity index (χ4v) is 1.97. The largest absolute Gasteiger partial charge is 0.370 e. The molecule has 0 saturated carbocycles. The third-order valence-electron chi connectivity index (χ3n) is 2.94. The van der Waals surface area contributed by atoms with Crippen LogP contribution in [0.3, 0.4) is 0 Å². The Bertz CT molecular complexity index is 353. The topological polar surface area (TPSA) is 57.0 Å². The number of benzene rings is 1. The van der Waals surface area contributed by atoms with E-state index in [0.29, 0.717) is 6.61 Å². The van der Waals surface area contributed by atoms with E-state index in [9.17, 15) is 0 Å². The molecule has 0 amide bonds. The van der Waals surface area contributed by atoms with Crippen molar-refractivity contribution in [2.24, 2.45) is 5.73 Å². The van der Waals surface area contributed by atoms with Crippen LogP contribution in [-0.4, -0.2) is 31.5 Å². The lowest BCUT2D eigenvalue weighted by Gasteiger charge is -2.34. The highest BCUT2D eigenvalue weighted by Crippen LogP contribution is 2.31. The van der Waals surface area contributed by atoms with Crippen LogP contribution in [-0.2, 0) is 14.2 Å². The molecule has 2 saturated heterocycles. The Hall–Kier alpha value is -0.940. The zero-order chi connectivity index (χ0) is 11.0. The summed E-state index contributed by atoms with van der Waals surface area (Å²) in [5.41, 5.74) is 6.96. The number of nitrogens with two attached hydrogens (primary N) is 1. The fourth-order valence-electron chi connectivity index (χ4n) is 1.97. The minimum atomic E-state index is -0.310. The highest BCUT2D eigenvalue weighted by atomic mass is 16.7. The molecule has 0 radical (unpaired) electrons.